The third-order valence-corrected chi connectivity index (χ3v) is 2.55. The molecule has 0 fully saturated rings. The highest BCUT2D eigenvalue weighted by atomic mass is 16.5. The summed E-state index contributed by atoms with van der Waals surface area (Å²) in [4.78, 5) is 14.8. The molecule has 4 heteroatoms. The first-order chi connectivity index (χ1) is 9.19. The lowest BCUT2D eigenvalue weighted by Gasteiger charge is -1.99. The second-order valence-electron chi connectivity index (χ2n) is 3.86. The monoisotopic (exact) mass is 255 g/mol. The number of aromatic carboxylic acids is 1. The number of aromatic nitrogens is 1. The van der Waals surface area contributed by atoms with Crippen LogP contribution in [0, 0.1) is 0 Å². The molecule has 1 N–H and O–H groups in total. The van der Waals surface area contributed by atoms with Crippen molar-refractivity contribution in [3.05, 3.63) is 59.4 Å². The van der Waals surface area contributed by atoms with Crippen molar-refractivity contribution in [3.8, 4) is 5.75 Å². The molecule has 2 aromatic rings. The van der Waals surface area contributed by atoms with Crippen LogP contribution in [0.1, 0.15) is 21.7 Å². The Hall–Kier alpha value is -2.62. The quantitative estimate of drug-likeness (QED) is 0.912. The van der Waals surface area contributed by atoms with Crippen LogP contribution in [0.5, 0.6) is 5.75 Å². The van der Waals surface area contributed by atoms with Gasteiger partial charge in [-0.15, -0.1) is 0 Å². The minimum absolute atomic E-state index is 0.0388. The molecule has 2 rings (SSSR count). The third-order valence-electron chi connectivity index (χ3n) is 2.55. The number of carboxylic acids is 1. The fraction of sp³-hybridized carbons (Fsp3) is 0.0667. The van der Waals surface area contributed by atoms with Gasteiger partial charge in [-0.05, 0) is 35.9 Å². The van der Waals surface area contributed by atoms with Crippen molar-refractivity contribution in [2.24, 2.45) is 0 Å². The van der Waals surface area contributed by atoms with Crippen LogP contribution in [-0.2, 0) is 0 Å². The Morgan fingerprint density at radius 2 is 1.89 bits per heavy atom. The average molecular weight is 255 g/mol. The zero-order chi connectivity index (χ0) is 13.7. The topological polar surface area (TPSA) is 59.4 Å². The van der Waals surface area contributed by atoms with E-state index in [0.29, 0.717) is 5.69 Å². The standard InChI is InChI=1S/C15H13NO3/c1-19-13-9-6-11(7-10-13)5-8-12-3-2-4-14(16-12)15(17)18/h2-10H,1H3,(H,17,18). The summed E-state index contributed by atoms with van der Waals surface area (Å²) >= 11 is 0. The van der Waals surface area contributed by atoms with Crippen molar-refractivity contribution in [1.82, 2.24) is 4.98 Å². The predicted molar refractivity (Wildman–Crippen MR) is 73.1 cm³/mol. The lowest BCUT2D eigenvalue weighted by atomic mass is 10.2. The number of pyridine rings is 1. The maximum Gasteiger partial charge on any atom is 0.354 e. The summed E-state index contributed by atoms with van der Waals surface area (Å²) < 4.78 is 5.07. The maximum absolute atomic E-state index is 10.8. The van der Waals surface area contributed by atoms with Crippen LogP contribution in [0.2, 0.25) is 0 Å². The Bertz CT molecular complexity index is 603. The normalized spacial score (nSPS) is 10.6. The highest BCUT2D eigenvalue weighted by Gasteiger charge is 2.03. The number of carbonyl (C=O) groups is 1. The number of methoxy groups -OCH3 is 1. The second kappa shape index (κ2) is 5.82. The fourth-order valence-corrected chi connectivity index (χ4v) is 1.56. The summed E-state index contributed by atoms with van der Waals surface area (Å²) in [6, 6.07) is 12.4. The number of carboxylic acid groups (broad SMARTS) is 1. The molecular weight excluding hydrogens is 242 g/mol. The molecule has 1 heterocycles. The highest BCUT2D eigenvalue weighted by molar-refractivity contribution is 5.85. The fourth-order valence-electron chi connectivity index (χ4n) is 1.56. The lowest BCUT2D eigenvalue weighted by molar-refractivity contribution is 0.0690. The number of hydrogen-bond donors (Lipinski definition) is 1. The SMILES string of the molecule is COc1ccc(C=Cc2cccc(C(=O)O)n2)cc1. The summed E-state index contributed by atoms with van der Waals surface area (Å²) in [6.45, 7) is 0. The Morgan fingerprint density at radius 3 is 2.53 bits per heavy atom. The van der Waals surface area contributed by atoms with Gasteiger partial charge in [0.25, 0.3) is 0 Å². The smallest absolute Gasteiger partial charge is 0.354 e. The van der Waals surface area contributed by atoms with E-state index in [9.17, 15) is 4.79 Å². The van der Waals surface area contributed by atoms with Gasteiger partial charge in [-0.2, -0.15) is 0 Å². The molecule has 0 amide bonds. The van der Waals surface area contributed by atoms with Gasteiger partial charge < -0.3 is 9.84 Å². The molecule has 0 bridgehead atoms. The molecule has 0 saturated heterocycles. The number of benzene rings is 1. The van der Waals surface area contributed by atoms with E-state index in [0.717, 1.165) is 11.3 Å². The largest absolute Gasteiger partial charge is 0.497 e. The second-order valence-corrected chi connectivity index (χ2v) is 3.86. The predicted octanol–water partition coefficient (Wildman–Crippen LogP) is 2.96. The molecule has 0 aliphatic carbocycles. The Labute approximate surface area is 111 Å². The van der Waals surface area contributed by atoms with Gasteiger partial charge in [0.15, 0.2) is 0 Å². The van der Waals surface area contributed by atoms with Crippen LogP contribution in [0.15, 0.2) is 42.5 Å². The Morgan fingerprint density at radius 1 is 1.16 bits per heavy atom. The van der Waals surface area contributed by atoms with Crippen molar-refractivity contribution < 1.29 is 14.6 Å². The van der Waals surface area contributed by atoms with Gasteiger partial charge in [0.1, 0.15) is 11.4 Å². The number of ether oxygens (including phenoxy) is 1. The van der Waals surface area contributed by atoms with Gasteiger partial charge >= 0.3 is 5.97 Å². The van der Waals surface area contributed by atoms with E-state index in [1.54, 1.807) is 25.3 Å². The van der Waals surface area contributed by atoms with E-state index in [-0.39, 0.29) is 5.69 Å². The van der Waals surface area contributed by atoms with Gasteiger partial charge in [0.2, 0.25) is 0 Å². The van der Waals surface area contributed by atoms with Crippen LogP contribution in [0.3, 0.4) is 0 Å². The molecule has 1 aromatic carbocycles. The zero-order valence-corrected chi connectivity index (χ0v) is 10.4. The van der Waals surface area contributed by atoms with Crippen molar-refractivity contribution >= 4 is 18.1 Å². The van der Waals surface area contributed by atoms with Crippen LogP contribution in [-0.4, -0.2) is 23.2 Å². The number of hydrogen-bond acceptors (Lipinski definition) is 3. The number of nitrogens with zero attached hydrogens (tertiary/aromatic N) is 1. The molecule has 0 spiro atoms. The average Bonchev–Trinajstić information content (AvgIpc) is 2.46. The van der Waals surface area contributed by atoms with Crippen molar-refractivity contribution in [1.29, 1.82) is 0 Å². The number of rotatable bonds is 4. The van der Waals surface area contributed by atoms with E-state index in [1.165, 1.54) is 6.07 Å². The summed E-state index contributed by atoms with van der Waals surface area (Å²) in [5.41, 5.74) is 1.64. The summed E-state index contributed by atoms with van der Waals surface area (Å²) in [5, 5.41) is 8.85. The molecule has 0 saturated carbocycles. The molecule has 0 radical (unpaired) electrons. The summed E-state index contributed by atoms with van der Waals surface area (Å²) in [7, 11) is 1.62. The van der Waals surface area contributed by atoms with E-state index < -0.39 is 5.97 Å². The lowest BCUT2D eigenvalue weighted by Crippen LogP contribution is -2.00. The summed E-state index contributed by atoms with van der Waals surface area (Å²) in [6.07, 6.45) is 3.64. The molecule has 0 unspecified atom stereocenters. The van der Waals surface area contributed by atoms with Crippen LogP contribution < -0.4 is 4.74 Å². The molecule has 96 valence electrons. The van der Waals surface area contributed by atoms with Gasteiger partial charge in [-0.1, -0.05) is 24.3 Å². The zero-order valence-electron chi connectivity index (χ0n) is 10.4. The first-order valence-corrected chi connectivity index (χ1v) is 5.71. The summed E-state index contributed by atoms with van der Waals surface area (Å²) in [5.74, 6) is -0.233. The molecule has 19 heavy (non-hydrogen) atoms. The van der Waals surface area contributed by atoms with Crippen LogP contribution in [0.25, 0.3) is 12.2 Å². The minimum atomic E-state index is -1.03. The first-order valence-electron chi connectivity index (χ1n) is 5.71. The van der Waals surface area contributed by atoms with E-state index in [2.05, 4.69) is 4.98 Å². The van der Waals surface area contributed by atoms with Crippen LogP contribution in [0.4, 0.5) is 0 Å². The minimum Gasteiger partial charge on any atom is -0.497 e. The van der Waals surface area contributed by atoms with Crippen molar-refractivity contribution in [3.63, 3.8) is 0 Å². The Kier molecular flexibility index (Phi) is 3.93. The molecule has 0 aliphatic heterocycles. The van der Waals surface area contributed by atoms with Crippen molar-refractivity contribution in [2.75, 3.05) is 7.11 Å². The highest BCUT2D eigenvalue weighted by Crippen LogP contribution is 2.13. The van der Waals surface area contributed by atoms with E-state index in [1.807, 2.05) is 30.3 Å². The molecular formula is C15H13NO3. The van der Waals surface area contributed by atoms with Gasteiger partial charge in [-0.3, -0.25) is 0 Å². The van der Waals surface area contributed by atoms with Gasteiger partial charge in [0, 0.05) is 0 Å². The van der Waals surface area contributed by atoms with E-state index in [4.69, 9.17) is 9.84 Å². The molecule has 0 atom stereocenters. The first kappa shape index (κ1) is 12.8. The van der Waals surface area contributed by atoms with Crippen LogP contribution >= 0.6 is 0 Å². The Balaban J connectivity index is 2.17. The molecule has 0 aliphatic rings. The van der Waals surface area contributed by atoms with E-state index >= 15 is 0 Å². The van der Waals surface area contributed by atoms with Gasteiger partial charge in [-0.25, -0.2) is 9.78 Å². The molecule has 1 aromatic heterocycles. The maximum atomic E-state index is 10.8. The van der Waals surface area contributed by atoms with Gasteiger partial charge in [0.05, 0.1) is 12.8 Å². The third kappa shape index (κ3) is 3.42. The van der Waals surface area contributed by atoms with Crippen molar-refractivity contribution in [2.45, 2.75) is 0 Å². The molecule has 4 nitrogen and oxygen atoms in total.